The molecule has 4 atom stereocenters. The van der Waals surface area contributed by atoms with Gasteiger partial charge in [-0.25, -0.2) is 4.79 Å². The van der Waals surface area contributed by atoms with E-state index >= 15 is 0 Å². The van der Waals surface area contributed by atoms with Crippen LogP contribution < -0.4 is 4.74 Å². The second-order valence-corrected chi connectivity index (χ2v) is 10.7. The van der Waals surface area contributed by atoms with Gasteiger partial charge in [0.2, 0.25) is 0 Å². The van der Waals surface area contributed by atoms with E-state index in [-0.39, 0.29) is 24.7 Å². The lowest BCUT2D eigenvalue weighted by Gasteiger charge is -2.24. The van der Waals surface area contributed by atoms with E-state index in [2.05, 4.69) is 0 Å². The number of esters is 2. The van der Waals surface area contributed by atoms with E-state index in [1.165, 1.54) is 6.08 Å². The maximum atomic E-state index is 14.9. The second-order valence-electron chi connectivity index (χ2n) is 10.7. The number of alkyl halides is 2. The average Bonchev–Trinajstić information content (AvgIpc) is 3.33. The molecule has 42 heavy (non-hydrogen) atoms. The summed E-state index contributed by atoms with van der Waals surface area (Å²) in [5.41, 5.74) is 2.33. The zero-order valence-electron chi connectivity index (χ0n) is 23.2. The van der Waals surface area contributed by atoms with E-state index in [4.69, 9.17) is 14.2 Å². The van der Waals surface area contributed by atoms with E-state index < -0.39 is 36.6 Å². The van der Waals surface area contributed by atoms with E-state index in [9.17, 15) is 18.4 Å². The third kappa shape index (κ3) is 7.72. The summed E-state index contributed by atoms with van der Waals surface area (Å²) in [4.78, 5) is 25.7. The molecule has 0 amide bonds. The molecule has 3 aromatic rings. The lowest BCUT2D eigenvalue weighted by atomic mass is 9.89. The Morgan fingerprint density at radius 1 is 0.929 bits per heavy atom. The highest BCUT2D eigenvalue weighted by atomic mass is 19.3. The quantitative estimate of drug-likeness (QED) is 0.203. The zero-order chi connectivity index (χ0) is 29.4. The summed E-state index contributed by atoms with van der Waals surface area (Å²) in [5.74, 6) is -4.69. The number of carbonyl (C=O) groups excluding carboxylic acids is 2. The molecule has 2 aliphatic rings. The predicted octanol–water partition coefficient (Wildman–Crippen LogP) is 7.83. The minimum absolute atomic E-state index is 0.235. The fourth-order valence-electron chi connectivity index (χ4n) is 5.52. The van der Waals surface area contributed by atoms with Gasteiger partial charge in [0.15, 0.2) is 6.61 Å². The van der Waals surface area contributed by atoms with Crippen LogP contribution in [0.25, 0.3) is 11.1 Å². The van der Waals surface area contributed by atoms with Gasteiger partial charge >= 0.3 is 11.9 Å². The first-order valence-electron chi connectivity index (χ1n) is 14.3. The highest BCUT2D eigenvalue weighted by Gasteiger charge is 2.46. The van der Waals surface area contributed by atoms with Crippen LogP contribution in [0.4, 0.5) is 8.78 Å². The molecule has 1 fully saturated rings. The largest absolute Gasteiger partial charge is 0.487 e. The van der Waals surface area contributed by atoms with E-state index in [1.54, 1.807) is 42.5 Å². The normalized spacial score (nSPS) is 23.5. The Kier molecular flexibility index (Phi) is 9.47. The van der Waals surface area contributed by atoms with Crippen LogP contribution in [0.3, 0.4) is 0 Å². The number of halogens is 2. The first kappa shape index (κ1) is 29.2. The number of rotatable bonds is 8. The van der Waals surface area contributed by atoms with Crippen molar-refractivity contribution in [2.45, 2.75) is 50.2 Å². The highest BCUT2D eigenvalue weighted by Crippen LogP contribution is 2.41. The lowest BCUT2D eigenvalue weighted by Crippen LogP contribution is -2.28. The van der Waals surface area contributed by atoms with Crippen LogP contribution in [-0.4, -0.2) is 36.7 Å². The van der Waals surface area contributed by atoms with Gasteiger partial charge in [-0.2, -0.15) is 8.78 Å². The summed E-state index contributed by atoms with van der Waals surface area (Å²) in [6.45, 7) is -0.832. The van der Waals surface area contributed by atoms with Gasteiger partial charge in [-0.1, -0.05) is 78.9 Å². The van der Waals surface area contributed by atoms with Crippen molar-refractivity contribution in [3.05, 3.63) is 115 Å². The number of allylic oxidation sites excluding steroid dienone is 2. The standard InChI is InChI=1S/C35H34F2O5/c36-35(37,24-40-28-13-7-4-8-14-28)22-21-30-29-15-9-1-2-10-16-33(38)41-31(29)23-32(30)42-34(39)27-19-17-26(18-20-27)25-11-5-3-6-12-25/h1,3-9,11-14,17-22,29-32H,2,10,15-16,23-24H2/b9-1-,22-21+/t29-,30-,31+,32-/m1/s1. The van der Waals surface area contributed by atoms with Crippen LogP contribution in [-0.2, 0) is 14.3 Å². The molecule has 0 bridgehead atoms. The number of hydrogen-bond acceptors (Lipinski definition) is 5. The first-order chi connectivity index (χ1) is 20.4. The maximum Gasteiger partial charge on any atom is 0.338 e. The molecule has 1 heterocycles. The van der Waals surface area contributed by atoms with Crippen molar-refractivity contribution < 1.29 is 32.6 Å². The van der Waals surface area contributed by atoms with Crippen LogP contribution in [0.2, 0.25) is 0 Å². The molecule has 0 unspecified atom stereocenters. The molecule has 0 radical (unpaired) electrons. The van der Waals surface area contributed by atoms with Crippen LogP contribution >= 0.6 is 0 Å². The van der Waals surface area contributed by atoms with E-state index in [0.29, 0.717) is 24.2 Å². The molecule has 3 aromatic carbocycles. The van der Waals surface area contributed by atoms with Crippen molar-refractivity contribution in [3.8, 4) is 16.9 Å². The van der Waals surface area contributed by atoms with Crippen molar-refractivity contribution in [2.75, 3.05) is 6.61 Å². The van der Waals surface area contributed by atoms with Crippen LogP contribution in [0.1, 0.15) is 42.5 Å². The first-order valence-corrected chi connectivity index (χ1v) is 14.3. The molecule has 218 valence electrons. The Morgan fingerprint density at radius 2 is 1.62 bits per heavy atom. The van der Waals surface area contributed by atoms with E-state index in [0.717, 1.165) is 23.6 Å². The average molecular weight is 573 g/mol. The molecule has 1 aliphatic carbocycles. The van der Waals surface area contributed by atoms with Crippen molar-refractivity contribution in [1.29, 1.82) is 0 Å². The van der Waals surface area contributed by atoms with Gasteiger partial charge in [-0.05, 0) is 60.7 Å². The molecular weight excluding hydrogens is 538 g/mol. The highest BCUT2D eigenvalue weighted by molar-refractivity contribution is 5.90. The van der Waals surface area contributed by atoms with Gasteiger partial charge in [0.25, 0.3) is 5.92 Å². The van der Waals surface area contributed by atoms with Crippen molar-refractivity contribution in [2.24, 2.45) is 11.8 Å². The van der Waals surface area contributed by atoms with Gasteiger partial charge in [0.05, 0.1) is 5.56 Å². The Labute approximate surface area is 244 Å². The van der Waals surface area contributed by atoms with Gasteiger partial charge in [-0.15, -0.1) is 0 Å². The zero-order valence-corrected chi connectivity index (χ0v) is 23.2. The molecule has 0 saturated heterocycles. The van der Waals surface area contributed by atoms with Crippen LogP contribution in [0.5, 0.6) is 5.75 Å². The van der Waals surface area contributed by atoms with Gasteiger partial charge in [0, 0.05) is 24.7 Å². The predicted molar refractivity (Wildman–Crippen MR) is 156 cm³/mol. The summed E-state index contributed by atoms with van der Waals surface area (Å²) in [5, 5.41) is 0. The number of ether oxygens (including phenoxy) is 3. The Hall–Kier alpha value is -4.26. The smallest absolute Gasteiger partial charge is 0.338 e. The maximum absolute atomic E-state index is 14.9. The molecule has 5 rings (SSSR count). The summed E-state index contributed by atoms with van der Waals surface area (Å²) in [6.07, 6.45) is 7.38. The molecule has 0 aromatic heterocycles. The SMILES string of the molecule is O=C1CCC/C=C\C[C@@H]2[C@@H](/C=C/C(F)(F)COc3ccccc3)[C@H](OC(=O)c3ccc(-c4ccccc4)cc3)C[C@@H]2O1. The summed E-state index contributed by atoms with van der Waals surface area (Å²) in [7, 11) is 0. The summed E-state index contributed by atoms with van der Waals surface area (Å²) >= 11 is 0. The summed E-state index contributed by atoms with van der Waals surface area (Å²) in [6, 6.07) is 25.3. The summed E-state index contributed by atoms with van der Waals surface area (Å²) < 4.78 is 46.9. The molecule has 1 aliphatic heterocycles. The van der Waals surface area contributed by atoms with Gasteiger partial charge in [0.1, 0.15) is 18.0 Å². The van der Waals surface area contributed by atoms with E-state index in [1.807, 2.05) is 54.6 Å². The third-order valence-corrected chi connectivity index (χ3v) is 7.70. The fraction of sp³-hybridized carbons (Fsp3) is 0.314. The Morgan fingerprint density at radius 3 is 2.36 bits per heavy atom. The number of carbonyl (C=O) groups is 2. The number of fused-ring (bicyclic) bond motifs is 1. The fourth-order valence-corrected chi connectivity index (χ4v) is 5.52. The molecule has 0 spiro atoms. The monoisotopic (exact) mass is 572 g/mol. The molecule has 5 nitrogen and oxygen atoms in total. The van der Waals surface area contributed by atoms with Crippen LogP contribution in [0.15, 0.2) is 109 Å². The topological polar surface area (TPSA) is 61.8 Å². The Balaban J connectivity index is 1.34. The number of para-hydroxylation sites is 1. The van der Waals surface area contributed by atoms with Crippen molar-refractivity contribution >= 4 is 11.9 Å². The molecule has 0 N–H and O–H groups in total. The van der Waals surface area contributed by atoms with Gasteiger partial charge in [-0.3, -0.25) is 4.79 Å². The lowest BCUT2D eigenvalue weighted by molar-refractivity contribution is -0.151. The Bertz CT molecular complexity index is 1390. The van der Waals surface area contributed by atoms with Crippen LogP contribution in [0, 0.1) is 11.8 Å². The number of hydrogen-bond donors (Lipinski definition) is 0. The number of benzene rings is 3. The van der Waals surface area contributed by atoms with Gasteiger partial charge < -0.3 is 14.2 Å². The van der Waals surface area contributed by atoms with Crippen molar-refractivity contribution in [3.63, 3.8) is 0 Å². The minimum atomic E-state index is -3.27. The minimum Gasteiger partial charge on any atom is -0.487 e. The molecule has 7 heteroatoms. The third-order valence-electron chi connectivity index (χ3n) is 7.70. The second kappa shape index (κ2) is 13.6. The van der Waals surface area contributed by atoms with Crippen molar-refractivity contribution in [1.82, 2.24) is 0 Å². The molecule has 1 saturated carbocycles. The molecular formula is C35H34F2O5.